The number of nitrogens with one attached hydrogen (secondary N) is 3. The molecule has 2 heterocycles. The third kappa shape index (κ3) is 3.82. The number of H-pyrrole nitrogens is 3. The van der Waals surface area contributed by atoms with Gasteiger partial charge >= 0.3 is 0 Å². The van der Waals surface area contributed by atoms with Crippen LogP contribution in [0.25, 0.3) is 17.7 Å². The second-order valence-electron chi connectivity index (χ2n) is 5.82. The van der Waals surface area contributed by atoms with Gasteiger partial charge in [-0.15, -0.1) is 0 Å². The molecule has 0 fully saturated rings. The second-order valence-corrected chi connectivity index (χ2v) is 5.82. The number of hydrogen-bond acceptors (Lipinski definition) is 5. The van der Waals surface area contributed by atoms with E-state index in [9.17, 15) is 19.7 Å². The first-order valence-electron chi connectivity index (χ1n) is 7.85. The fourth-order valence-corrected chi connectivity index (χ4v) is 2.48. The van der Waals surface area contributed by atoms with Gasteiger partial charge in [0.25, 0.3) is 16.8 Å². The minimum absolute atomic E-state index is 0.0141. The number of nitro benzene ring substituents is 1. The van der Waals surface area contributed by atoms with E-state index in [0.29, 0.717) is 17.0 Å². The molecule has 0 aliphatic heterocycles. The Morgan fingerprint density at radius 2 is 1.85 bits per heavy atom. The van der Waals surface area contributed by atoms with Gasteiger partial charge in [0.05, 0.1) is 22.6 Å². The summed E-state index contributed by atoms with van der Waals surface area (Å²) in [5, 5.41) is 10.9. The van der Waals surface area contributed by atoms with Gasteiger partial charge in [-0.1, -0.05) is 18.7 Å². The zero-order valence-electron chi connectivity index (χ0n) is 14.3. The smallest absolute Gasteiger partial charge is 0.272 e. The number of nitrogens with zero attached hydrogens (tertiary/aromatic N) is 2. The number of benzene rings is 1. The van der Waals surface area contributed by atoms with Gasteiger partial charge in [0.2, 0.25) is 0 Å². The largest absolute Gasteiger partial charge is 0.344 e. The summed E-state index contributed by atoms with van der Waals surface area (Å²) >= 11 is 0. The number of hydrogen-bond donors (Lipinski definition) is 3. The SMILES string of the molecule is C=C(C)c1[nH]cnc1/C=c1\[nH]c(=O)/c(=C/c2cccc([N+](=O)[O-])c2)[nH]c1=O. The zero-order valence-corrected chi connectivity index (χ0v) is 14.3. The van der Waals surface area contributed by atoms with E-state index in [-0.39, 0.29) is 16.4 Å². The van der Waals surface area contributed by atoms with E-state index in [1.165, 1.54) is 36.7 Å². The number of nitro groups is 1. The van der Waals surface area contributed by atoms with E-state index in [1.807, 2.05) is 0 Å². The van der Waals surface area contributed by atoms with E-state index in [1.54, 1.807) is 13.0 Å². The molecule has 0 aliphatic carbocycles. The second kappa shape index (κ2) is 7.08. The number of allylic oxidation sites excluding steroid dienone is 1. The van der Waals surface area contributed by atoms with Gasteiger partial charge in [0.1, 0.15) is 10.7 Å². The van der Waals surface area contributed by atoms with Crippen molar-refractivity contribution in [2.75, 3.05) is 0 Å². The first kappa shape index (κ1) is 17.8. The molecule has 0 saturated carbocycles. The lowest BCUT2D eigenvalue weighted by molar-refractivity contribution is -0.384. The minimum Gasteiger partial charge on any atom is -0.344 e. The van der Waals surface area contributed by atoms with Crippen LogP contribution >= 0.6 is 0 Å². The quantitative estimate of drug-likeness (QED) is 0.453. The van der Waals surface area contributed by atoms with Crippen LogP contribution in [0.1, 0.15) is 23.9 Å². The summed E-state index contributed by atoms with van der Waals surface area (Å²) < 4.78 is 0. The average molecular weight is 365 g/mol. The average Bonchev–Trinajstić information content (AvgIpc) is 3.08. The molecule has 0 unspecified atom stereocenters. The van der Waals surface area contributed by atoms with Crippen molar-refractivity contribution in [1.82, 2.24) is 19.9 Å². The highest BCUT2D eigenvalue weighted by atomic mass is 16.6. The maximum absolute atomic E-state index is 12.3. The molecule has 3 N–H and O–H groups in total. The molecule has 0 atom stereocenters. The normalized spacial score (nSPS) is 12.3. The first-order chi connectivity index (χ1) is 12.8. The zero-order chi connectivity index (χ0) is 19.6. The fourth-order valence-electron chi connectivity index (χ4n) is 2.48. The van der Waals surface area contributed by atoms with Gasteiger partial charge in [-0.3, -0.25) is 19.7 Å². The predicted molar refractivity (Wildman–Crippen MR) is 100 cm³/mol. The lowest BCUT2D eigenvalue weighted by Gasteiger charge is -1.96. The van der Waals surface area contributed by atoms with Crippen molar-refractivity contribution in [3.63, 3.8) is 0 Å². The molecule has 0 amide bonds. The van der Waals surface area contributed by atoms with Crippen LogP contribution < -0.4 is 21.8 Å². The maximum Gasteiger partial charge on any atom is 0.272 e. The molecule has 9 nitrogen and oxygen atoms in total. The van der Waals surface area contributed by atoms with E-state index >= 15 is 0 Å². The summed E-state index contributed by atoms with van der Waals surface area (Å²) in [5.41, 5.74) is 1.09. The van der Waals surface area contributed by atoms with Crippen molar-refractivity contribution < 1.29 is 4.92 Å². The third-order valence-electron chi connectivity index (χ3n) is 3.75. The van der Waals surface area contributed by atoms with Gasteiger partial charge in [0, 0.05) is 12.1 Å². The Hall–Kier alpha value is -4.01. The van der Waals surface area contributed by atoms with Crippen molar-refractivity contribution in [3.05, 3.63) is 95.6 Å². The molecule has 3 rings (SSSR count). The molecule has 0 aliphatic rings. The molecule has 0 saturated heterocycles. The molecule has 1 aromatic carbocycles. The highest BCUT2D eigenvalue weighted by Crippen LogP contribution is 2.13. The summed E-state index contributed by atoms with van der Waals surface area (Å²) in [6, 6.07) is 5.73. The summed E-state index contributed by atoms with van der Waals surface area (Å²) in [7, 11) is 0. The molecular formula is C18H15N5O4. The van der Waals surface area contributed by atoms with Crippen LogP contribution in [0.5, 0.6) is 0 Å². The van der Waals surface area contributed by atoms with Crippen molar-refractivity contribution in [2.24, 2.45) is 0 Å². The Balaban J connectivity index is 2.12. The maximum atomic E-state index is 12.3. The van der Waals surface area contributed by atoms with E-state index in [2.05, 4.69) is 26.5 Å². The van der Waals surface area contributed by atoms with Crippen LogP contribution in [-0.4, -0.2) is 24.9 Å². The predicted octanol–water partition coefficient (Wildman–Crippen LogP) is 0.385. The Morgan fingerprint density at radius 3 is 2.48 bits per heavy atom. The summed E-state index contributed by atoms with van der Waals surface area (Å²) in [5.74, 6) is 0. The molecule has 3 aromatic rings. The van der Waals surface area contributed by atoms with E-state index in [4.69, 9.17) is 0 Å². The van der Waals surface area contributed by atoms with Crippen LogP contribution in [0.15, 0.2) is 46.8 Å². The molecule has 27 heavy (non-hydrogen) atoms. The lowest BCUT2D eigenvalue weighted by atomic mass is 10.2. The number of imidazole rings is 1. The highest BCUT2D eigenvalue weighted by Gasteiger charge is 2.06. The summed E-state index contributed by atoms with van der Waals surface area (Å²) in [6.45, 7) is 5.60. The topological polar surface area (TPSA) is 138 Å². The van der Waals surface area contributed by atoms with Crippen molar-refractivity contribution in [3.8, 4) is 0 Å². The molecule has 0 bridgehead atoms. The Kier molecular flexibility index (Phi) is 4.67. The van der Waals surface area contributed by atoms with E-state index in [0.717, 1.165) is 5.57 Å². The number of aromatic amines is 3. The van der Waals surface area contributed by atoms with Crippen molar-refractivity contribution in [2.45, 2.75) is 6.92 Å². The number of rotatable bonds is 4. The third-order valence-corrected chi connectivity index (χ3v) is 3.75. The Labute approximate surface area is 151 Å². The number of aromatic nitrogens is 4. The molecule has 9 heteroatoms. The van der Waals surface area contributed by atoms with Gasteiger partial charge in [-0.2, -0.15) is 0 Å². The standard InChI is InChI=1S/C18H15N5O4/c1-10(2)16-13(19-9-20-16)8-15-18(25)21-14(17(24)22-15)7-11-4-3-5-12(6-11)23(26)27/h3-9H,1H2,2H3,(H,19,20)(H,21,25)(H,22,24)/b14-7-,15-8-. The van der Waals surface area contributed by atoms with Gasteiger partial charge in [0.15, 0.2) is 0 Å². The Bertz CT molecular complexity index is 1280. The molecule has 2 aromatic heterocycles. The fraction of sp³-hybridized carbons (Fsp3) is 0.0556. The monoisotopic (exact) mass is 365 g/mol. The van der Waals surface area contributed by atoms with Crippen LogP contribution in [0.3, 0.4) is 0 Å². The Morgan fingerprint density at radius 1 is 1.19 bits per heavy atom. The summed E-state index contributed by atoms with van der Waals surface area (Å²) in [6.07, 6.45) is 4.27. The number of non-ortho nitro benzene ring substituents is 1. The summed E-state index contributed by atoms with van der Waals surface area (Å²) in [4.78, 5) is 46.9. The molecule has 0 spiro atoms. The van der Waals surface area contributed by atoms with Crippen LogP contribution in [0.4, 0.5) is 5.69 Å². The van der Waals surface area contributed by atoms with Gasteiger partial charge in [-0.05, 0) is 30.2 Å². The van der Waals surface area contributed by atoms with E-state index < -0.39 is 16.0 Å². The van der Waals surface area contributed by atoms with Gasteiger partial charge in [-0.25, -0.2) is 4.98 Å². The van der Waals surface area contributed by atoms with Gasteiger partial charge < -0.3 is 15.0 Å². The molecular weight excluding hydrogens is 350 g/mol. The highest BCUT2D eigenvalue weighted by molar-refractivity contribution is 5.66. The molecule has 136 valence electrons. The van der Waals surface area contributed by atoms with Crippen molar-refractivity contribution >= 4 is 23.4 Å². The van der Waals surface area contributed by atoms with Crippen LogP contribution in [0.2, 0.25) is 0 Å². The van der Waals surface area contributed by atoms with Crippen LogP contribution in [0, 0.1) is 10.1 Å². The minimum atomic E-state index is -0.542. The first-order valence-corrected chi connectivity index (χ1v) is 7.85. The molecule has 0 radical (unpaired) electrons. The van der Waals surface area contributed by atoms with Crippen molar-refractivity contribution in [1.29, 1.82) is 0 Å². The lowest BCUT2D eigenvalue weighted by Crippen LogP contribution is -2.46. The van der Waals surface area contributed by atoms with Crippen LogP contribution in [-0.2, 0) is 0 Å².